The molecule has 1 aliphatic heterocycles. The molecule has 204 valence electrons. The summed E-state index contributed by atoms with van der Waals surface area (Å²) in [5.74, 6) is 1.68. The van der Waals surface area contributed by atoms with Gasteiger partial charge in [0.05, 0.1) is 19.3 Å². The molecule has 0 amide bonds. The van der Waals surface area contributed by atoms with Crippen molar-refractivity contribution < 1.29 is 29.9 Å². The molecule has 3 rings (SSSR count). The normalized spacial score (nSPS) is 24.4. The molecule has 37 heavy (non-hydrogen) atoms. The second-order valence-corrected chi connectivity index (χ2v) is 10.6. The molecule has 1 aliphatic rings. The predicted molar refractivity (Wildman–Crippen MR) is 148 cm³/mol. The number of rotatable bonds is 11. The van der Waals surface area contributed by atoms with E-state index in [-0.39, 0.29) is 0 Å². The Labute approximate surface area is 221 Å². The van der Waals surface area contributed by atoms with Crippen molar-refractivity contribution in [2.24, 2.45) is 0 Å². The van der Waals surface area contributed by atoms with Gasteiger partial charge in [-0.3, -0.25) is 0 Å². The van der Waals surface area contributed by atoms with Crippen LogP contribution in [-0.4, -0.2) is 64.2 Å². The molecular weight excluding hydrogens is 468 g/mol. The van der Waals surface area contributed by atoms with Crippen LogP contribution < -0.4 is 4.74 Å². The highest BCUT2D eigenvalue weighted by atomic mass is 16.5. The number of hydrogen-bond donors (Lipinski definition) is 4. The van der Waals surface area contributed by atoms with E-state index >= 15 is 0 Å². The summed E-state index contributed by atoms with van der Waals surface area (Å²) < 4.78 is 11.5. The van der Waals surface area contributed by atoms with Gasteiger partial charge in [-0.15, -0.1) is 0 Å². The molecule has 6 nitrogen and oxygen atoms in total. The lowest BCUT2D eigenvalue weighted by atomic mass is 9.88. The van der Waals surface area contributed by atoms with Crippen molar-refractivity contribution in [3.05, 3.63) is 64.2 Å². The van der Waals surface area contributed by atoms with Gasteiger partial charge in [0.1, 0.15) is 30.2 Å². The molecule has 5 atom stereocenters. The highest BCUT2D eigenvalue weighted by Gasteiger charge is 2.42. The SMILES string of the molecule is CCc1cc(OCCC[C@H]2OC(CO)[C@H](O)C(O)[C@H]2O)ccc1/C=C/c1c(C(C)C)cccc1C(C)C. The molecule has 0 bridgehead atoms. The van der Waals surface area contributed by atoms with E-state index in [1.807, 2.05) is 6.07 Å². The molecule has 1 heterocycles. The van der Waals surface area contributed by atoms with Crippen LogP contribution in [-0.2, 0) is 11.2 Å². The minimum absolute atomic E-state index is 0.416. The maximum Gasteiger partial charge on any atom is 0.119 e. The van der Waals surface area contributed by atoms with Crippen molar-refractivity contribution in [2.75, 3.05) is 13.2 Å². The Bertz CT molecular complexity index is 1000. The minimum atomic E-state index is -1.34. The topological polar surface area (TPSA) is 99.4 Å². The van der Waals surface area contributed by atoms with E-state index in [0.717, 1.165) is 12.2 Å². The van der Waals surface area contributed by atoms with Gasteiger partial charge in [-0.05, 0) is 71.0 Å². The monoisotopic (exact) mass is 512 g/mol. The molecule has 4 N–H and O–H groups in total. The van der Waals surface area contributed by atoms with Crippen LogP contribution in [0.25, 0.3) is 12.2 Å². The summed E-state index contributed by atoms with van der Waals surface area (Å²) in [5, 5.41) is 39.4. The molecule has 1 saturated heterocycles. The van der Waals surface area contributed by atoms with Gasteiger partial charge in [0, 0.05) is 0 Å². The van der Waals surface area contributed by atoms with Gasteiger partial charge < -0.3 is 29.9 Å². The average Bonchev–Trinajstić information content (AvgIpc) is 2.89. The van der Waals surface area contributed by atoms with Crippen LogP contribution >= 0.6 is 0 Å². The fourth-order valence-corrected chi connectivity index (χ4v) is 5.01. The summed E-state index contributed by atoms with van der Waals surface area (Å²) in [6, 6.07) is 12.7. The van der Waals surface area contributed by atoms with Crippen molar-refractivity contribution >= 4 is 12.2 Å². The molecule has 6 heteroatoms. The number of aryl methyl sites for hydroxylation is 1. The minimum Gasteiger partial charge on any atom is -0.494 e. The Balaban J connectivity index is 1.64. The Morgan fingerprint density at radius 1 is 0.892 bits per heavy atom. The average molecular weight is 513 g/mol. The standard InChI is InChI=1S/C31H44O6/c1-6-21-17-23(36-16-8-11-27-29(33)31(35)30(34)28(18-32)37-27)14-12-22(21)13-15-26-24(19(2)3)9-7-10-25(26)20(4)5/h7,9-10,12-15,17,19-20,27-35H,6,8,11,16,18H2,1-5H3/b15-13+/t27-,28?,29+,30+,31?/m1/s1. The smallest absolute Gasteiger partial charge is 0.119 e. The molecule has 0 saturated carbocycles. The van der Waals surface area contributed by atoms with E-state index in [2.05, 4.69) is 77.1 Å². The third-order valence-electron chi connectivity index (χ3n) is 7.24. The summed E-state index contributed by atoms with van der Waals surface area (Å²) in [4.78, 5) is 0. The van der Waals surface area contributed by atoms with Gasteiger partial charge >= 0.3 is 0 Å². The van der Waals surface area contributed by atoms with E-state index in [4.69, 9.17) is 9.47 Å². The van der Waals surface area contributed by atoms with Crippen molar-refractivity contribution in [3.8, 4) is 5.75 Å². The van der Waals surface area contributed by atoms with Crippen LogP contribution in [0.1, 0.15) is 87.1 Å². The lowest BCUT2D eigenvalue weighted by Gasteiger charge is -2.40. The van der Waals surface area contributed by atoms with Gasteiger partial charge in [0.15, 0.2) is 0 Å². The quantitative estimate of drug-likeness (QED) is 0.258. The van der Waals surface area contributed by atoms with Gasteiger partial charge in [-0.2, -0.15) is 0 Å². The third-order valence-corrected chi connectivity index (χ3v) is 7.24. The van der Waals surface area contributed by atoms with E-state index in [0.29, 0.717) is 31.3 Å². The lowest BCUT2D eigenvalue weighted by molar-refractivity contribution is -0.230. The van der Waals surface area contributed by atoms with Crippen LogP contribution in [0.4, 0.5) is 0 Å². The molecule has 2 aromatic rings. The Kier molecular flexibility index (Phi) is 10.7. The first kappa shape index (κ1) is 29.3. The maximum absolute atomic E-state index is 10.2. The molecule has 0 spiro atoms. The van der Waals surface area contributed by atoms with Crippen LogP contribution in [0.15, 0.2) is 36.4 Å². The summed E-state index contributed by atoms with van der Waals surface area (Å²) in [6.45, 7) is 11.1. The summed E-state index contributed by atoms with van der Waals surface area (Å²) in [7, 11) is 0. The third kappa shape index (κ3) is 7.21. The Morgan fingerprint density at radius 2 is 1.54 bits per heavy atom. The number of aliphatic hydroxyl groups is 4. The van der Waals surface area contributed by atoms with Crippen LogP contribution in [0.3, 0.4) is 0 Å². The van der Waals surface area contributed by atoms with E-state index < -0.39 is 37.1 Å². The number of benzene rings is 2. The number of aliphatic hydroxyl groups excluding tert-OH is 4. The van der Waals surface area contributed by atoms with Crippen LogP contribution in [0.2, 0.25) is 0 Å². The van der Waals surface area contributed by atoms with Crippen molar-refractivity contribution in [1.82, 2.24) is 0 Å². The highest BCUT2D eigenvalue weighted by molar-refractivity contribution is 5.75. The summed E-state index contributed by atoms with van der Waals surface area (Å²) >= 11 is 0. The molecular formula is C31H44O6. The predicted octanol–water partition coefficient (Wildman–Crippen LogP) is 4.67. The lowest BCUT2D eigenvalue weighted by Crippen LogP contribution is -2.58. The van der Waals surface area contributed by atoms with Gasteiger partial charge in [0.25, 0.3) is 0 Å². The largest absolute Gasteiger partial charge is 0.494 e. The maximum atomic E-state index is 10.2. The Morgan fingerprint density at radius 3 is 2.14 bits per heavy atom. The fraction of sp³-hybridized carbons (Fsp3) is 0.548. The van der Waals surface area contributed by atoms with E-state index in [9.17, 15) is 20.4 Å². The summed E-state index contributed by atoms with van der Waals surface area (Å²) in [5.41, 5.74) is 6.41. The molecule has 0 radical (unpaired) electrons. The van der Waals surface area contributed by atoms with Gasteiger partial charge in [0.2, 0.25) is 0 Å². The number of ether oxygens (including phenoxy) is 2. The zero-order chi connectivity index (χ0) is 27.1. The zero-order valence-electron chi connectivity index (χ0n) is 22.8. The Hall–Kier alpha value is -2.22. The molecule has 2 unspecified atom stereocenters. The van der Waals surface area contributed by atoms with Crippen molar-refractivity contribution in [3.63, 3.8) is 0 Å². The van der Waals surface area contributed by atoms with Crippen molar-refractivity contribution in [2.45, 2.75) is 96.2 Å². The van der Waals surface area contributed by atoms with Crippen LogP contribution in [0.5, 0.6) is 5.75 Å². The van der Waals surface area contributed by atoms with E-state index in [1.54, 1.807) is 0 Å². The van der Waals surface area contributed by atoms with Gasteiger partial charge in [-0.25, -0.2) is 0 Å². The molecule has 2 aromatic carbocycles. The molecule has 0 aliphatic carbocycles. The first-order chi connectivity index (χ1) is 17.7. The van der Waals surface area contributed by atoms with Gasteiger partial charge in [-0.1, -0.05) is 71.0 Å². The van der Waals surface area contributed by atoms with Crippen molar-refractivity contribution in [1.29, 1.82) is 0 Å². The zero-order valence-corrected chi connectivity index (χ0v) is 22.8. The highest BCUT2D eigenvalue weighted by Crippen LogP contribution is 2.30. The summed E-state index contributed by atoms with van der Waals surface area (Å²) in [6.07, 6.45) is 0.958. The number of hydrogen-bond acceptors (Lipinski definition) is 6. The first-order valence-electron chi connectivity index (χ1n) is 13.5. The van der Waals surface area contributed by atoms with Crippen LogP contribution in [0, 0.1) is 0 Å². The fourth-order valence-electron chi connectivity index (χ4n) is 5.01. The van der Waals surface area contributed by atoms with E-state index in [1.165, 1.54) is 27.8 Å². The second-order valence-electron chi connectivity index (χ2n) is 10.6. The molecule has 0 aromatic heterocycles. The molecule has 1 fully saturated rings. The first-order valence-corrected chi connectivity index (χ1v) is 13.5. The second kappa shape index (κ2) is 13.5.